The first-order valence-electron chi connectivity index (χ1n) is 6.38. The summed E-state index contributed by atoms with van der Waals surface area (Å²) in [5.74, 6) is -0.139. The smallest absolute Gasteiger partial charge is 0.325 e. The molecule has 0 aliphatic heterocycles. The van der Waals surface area contributed by atoms with Crippen LogP contribution in [0, 0.1) is 0 Å². The Morgan fingerprint density at radius 2 is 1.85 bits per heavy atom. The third kappa shape index (κ3) is 5.48. The molecule has 0 atom stereocenters. The minimum Gasteiger partial charge on any atom is -0.484 e. The van der Waals surface area contributed by atoms with Gasteiger partial charge in [-0.15, -0.1) is 0 Å². The highest BCUT2D eigenvalue weighted by atomic mass is 35.5. The largest absolute Gasteiger partial charge is 0.484 e. The van der Waals surface area contributed by atoms with Gasteiger partial charge in [0.25, 0.3) is 5.91 Å². The fourth-order valence-electron chi connectivity index (χ4n) is 1.51. The van der Waals surface area contributed by atoms with Crippen molar-refractivity contribution in [1.82, 2.24) is 4.90 Å². The Balaban J connectivity index is 2.46. The topological polar surface area (TPSA) is 55.8 Å². The molecular formula is C14H18ClNO4. The minimum absolute atomic E-state index is 0.0624. The Kier molecular flexibility index (Phi) is 6.87. The lowest BCUT2D eigenvalue weighted by molar-refractivity contribution is -0.149. The van der Waals surface area contributed by atoms with Crippen molar-refractivity contribution in [2.75, 3.05) is 26.3 Å². The van der Waals surface area contributed by atoms with E-state index >= 15 is 0 Å². The predicted molar refractivity (Wildman–Crippen MR) is 75.8 cm³/mol. The molecule has 1 aromatic carbocycles. The van der Waals surface area contributed by atoms with Crippen molar-refractivity contribution >= 4 is 23.5 Å². The molecule has 0 saturated carbocycles. The number of halogens is 1. The molecule has 0 N–H and O–H groups in total. The summed E-state index contributed by atoms with van der Waals surface area (Å²) in [6.45, 7) is 4.04. The number of carbonyl (C=O) groups is 2. The molecule has 110 valence electrons. The molecule has 6 heteroatoms. The van der Waals surface area contributed by atoms with Gasteiger partial charge in [0.1, 0.15) is 12.3 Å². The summed E-state index contributed by atoms with van der Waals surface area (Å²) in [7, 11) is 0. The van der Waals surface area contributed by atoms with Gasteiger partial charge in [0, 0.05) is 11.6 Å². The van der Waals surface area contributed by atoms with Crippen LogP contribution in [0.4, 0.5) is 0 Å². The zero-order chi connectivity index (χ0) is 15.0. The maximum atomic E-state index is 11.9. The Labute approximate surface area is 123 Å². The van der Waals surface area contributed by atoms with Crippen molar-refractivity contribution in [2.45, 2.75) is 13.8 Å². The van der Waals surface area contributed by atoms with Crippen molar-refractivity contribution in [3.8, 4) is 5.75 Å². The van der Waals surface area contributed by atoms with Crippen LogP contribution < -0.4 is 4.74 Å². The summed E-state index contributed by atoms with van der Waals surface area (Å²) in [6, 6.07) is 6.71. The number of likely N-dealkylation sites (N-methyl/N-ethyl adjacent to an activating group) is 1. The van der Waals surface area contributed by atoms with Crippen molar-refractivity contribution in [3.05, 3.63) is 29.3 Å². The molecule has 0 saturated heterocycles. The monoisotopic (exact) mass is 299 g/mol. The molecule has 5 nitrogen and oxygen atoms in total. The van der Waals surface area contributed by atoms with Gasteiger partial charge in [0.2, 0.25) is 0 Å². The van der Waals surface area contributed by atoms with E-state index in [-0.39, 0.29) is 19.1 Å². The van der Waals surface area contributed by atoms with E-state index in [0.717, 1.165) is 0 Å². The van der Waals surface area contributed by atoms with Gasteiger partial charge in [-0.2, -0.15) is 0 Å². The minimum atomic E-state index is -0.422. The number of hydrogen-bond donors (Lipinski definition) is 0. The van der Waals surface area contributed by atoms with Crippen LogP contribution in [0.2, 0.25) is 5.02 Å². The van der Waals surface area contributed by atoms with Crippen LogP contribution in [0.1, 0.15) is 13.8 Å². The molecule has 20 heavy (non-hydrogen) atoms. The normalized spacial score (nSPS) is 9.95. The number of rotatable bonds is 7. The summed E-state index contributed by atoms with van der Waals surface area (Å²) >= 11 is 5.75. The number of ether oxygens (including phenoxy) is 2. The van der Waals surface area contributed by atoms with Crippen LogP contribution in [0.5, 0.6) is 5.75 Å². The highest BCUT2D eigenvalue weighted by Gasteiger charge is 2.16. The first kappa shape index (κ1) is 16.3. The van der Waals surface area contributed by atoms with Gasteiger partial charge in [0.05, 0.1) is 6.61 Å². The van der Waals surface area contributed by atoms with E-state index in [4.69, 9.17) is 21.1 Å². The summed E-state index contributed by atoms with van der Waals surface area (Å²) in [4.78, 5) is 24.7. The molecule has 0 aromatic heterocycles. The van der Waals surface area contributed by atoms with E-state index in [0.29, 0.717) is 23.9 Å². The van der Waals surface area contributed by atoms with E-state index in [1.54, 1.807) is 38.1 Å². The Morgan fingerprint density at radius 1 is 1.20 bits per heavy atom. The van der Waals surface area contributed by atoms with Crippen LogP contribution >= 0.6 is 11.6 Å². The quantitative estimate of drug-likeness (QED) is 0.724. The van der Waals surface area contributed by atoms with E-state index in [2.05, 4.69) is 0 Å². The third-order valence-electron chi connectivity index (χ3n) is 2.54. The second-order valence-corrected chi connectivity index (χ2v) is 4.39. The van der Waals surface area contributed by atoms with Crippen LogP contribution in [0.25, 0.3) is 0 Å². The number of hydrogen-bond acceptors (Lipinski definition) is 4. The number of esters is 1. The van der Waals surface area contributed by atoms with Gasteiger partial charge >= 0.3 is 5.97 Å². The summed E-state index contributed by atoms with van der Waals surface area (Å²) < 4.78 is 10.2. The number of carbonyl (C=O) groups excluding carboxylic acids is 2. The van der Waals surface area contributed by atoms with Crippen LogP contribution in [0.15, 0.2) is 24.3 Å². The third-order valence-corrected chi connectivity index (χ3v) is 2.79. The van der Waals surface area contributed by atoms with Crippen molar-refractivity contribution in [2.24, 2.45) is 0 Å². The molecule has 0 bridgehead atoms. The van der Waals surface area contributed by atoms with E-state index in [9.17, 15) is 9.59 Å². The molecule has 0 heterocycles. The first-order valence-corrected chi connectivity index (χ1v) is 6.76. The average Bonchev–Trinajstić information content (AvgIpc) is 2.44. The van der Waals surface area contributed by atoms with Crippen LogP contribution in [-0.4, -0.2) is 43.1 Å². The Morgan fingerprint density at radius 3 is 2.40 bits per heavy atom. The highest BCUT2D eigenvalue weighted by molar-refractivity contribution is 6.30. The Bertz CT molecular complexity index is 447. The van der Waals surface area contributed by atoms with Gasteiger partial charge < -0.3 is 14.4 Å². The fourth-order valence-corrected chi connectivity index (χ4v) is 1.63. The summed E-state index contributed by atoms with van der Waals surface area (Å²) in [5, 5.41) is 0.598. The van der Waals surface area contributed by atoms with Crippen molar-refractivity contribution < 1.29 is 19.1 Å². The highest BCUT2D eigenvalue weighted by Crippen LogP contribution is 2.15. The molecule has 0 aliphatic rings. The molecule has 0 radical (unpaired) electrons. The molecule has 1 amide bonds. The number of nitrogens with zero attached hydrogens (tertiary/aromatic N) is 1. The molecular weight excluding hydrogens is 282 g/mol. The molecule has 1 aromatic rings. The fraction of sp³-hybridized carbons (Fsp3) is 0.429. The SMILES string of the molecule is CCOC(=O)CN(CC)C(=O)COc1ccc(Cl)cc1. The Hall–Kier alpha value is -1.75. The zero-order valence-electron chi connectivity index (χ0n) is 11.6. The van der Waals surface area contributed by atoms with Crippen molar-refractivity contribution in [1.29, 1.82) is 0 Å². The molecule has 0 spiro atoms. The summed E-state index contributed by atoms with van der Waals surface area (Å²) in [5.41, 5.74) is 0. The predicted octanol–water partition coefficient (Wildman–Crippen LogP) is 2.13. The average molecular weight is 300 g/mol. The van der Waals surface area contributed by atoms with E-state index in [1.165, 1.54) is 4.90 Å². The van der Waals surface area contributed by atoms with Gasteiger partial charge in [-0.05, 0) is 38.1 Å². The lowest BCUT2D eigenvalue weighted by Gasteiger charge is -2.19. The lowest BCUT2D eigenvalue weighted by Crippen LogP contribution is -2.39. The first-order chi connectivity index (χ1) is 9.56. The number of benzene rings is 1. The molecule has 0 aliphatic carbocycles. The molecule has 1 rings (SSSR count). The standard InChI is InChI=1S/C14H18ClNO4/c1-3-16(9-14(18)19-4-2)13(17)10-20-12-7-5-11(15)6-8-12/h5-8H,3-4,9-10H2,1-2H3. The second-order valence-electron chi connectivity index (χ2n) is 3.96. The van der Waals surface area contributed by atoms with Gasteiger partial charge in [0.15, 0.2) is 6.61 Å². The van der Waals surface area contributed by atoms with Gasteiger partial charge in [-0.25, -0.2) is 0 Å². The van der Waals surface area contributed by atoms with E-state index < -0.39 is 5.97 Å². The maximum absolute atomic E-state index is 11.9. The maximum Gasteiger partial charge on any atom is 0.325 e. The lowest BCUT2D eigenvalue weighted by atomic mass is 10.3. The number of amides is 1. The van der Waals surface area contributed by atoms with Gasteiger partial charge in [-0.3, -0.25) is 9.59 Å². The molecule has 0 fully saturated rings. The van der Waals surface area contributed by atoms with Crippen LogP contribution in [-0.2, 0) is 14.3 Å². The van der Waals surface area contributed by atoms with Crippen molar-refractivity contribution in [3.63, 3.8) is 0 Å². The van der Waals surface area contributed by atoms with Gasteiger partial charge in [-0.1, -0.05) is 11.6 Å². The summed E-state index contributed by atoms with van der Waals surface area (Å²) in [6.07, 6.45) is 0. The second kappa shape index (κ2) is 8.43. The molecule has 0 unspecified atom stereocenters. The zero-order valence-corrected chi connectivity index (χ0v) is 12.4. The van der Waals surface area contributed by atoms with E-state index in [1.807, 2.05) is 0 Å². The van der Waals surface area contributed by atoms with Crippen LogP contribution in [0.3, 0.4) is 0 Å².